The van der Waals surface area contributed by atoms with E-state index < -0.39 is 0 Å². The van der Waals surface area contributed by atoms with Crippen molar-refractivity contribution in [1.82, 2.24) is 4.90 Å². The summed E-state index contributed by atoms with van der Waals surface area (Å²) in [6.45, 7) is 1.89. The maximum atomic E-state index is 9.43. The molecule has 1 saturated heterocycles. The van der Waals surface area contributed by atoms with Crippen LogP contribution in [-0.4, -0.2) is 40.2 Å². The Morgan fingerprint density at radius 1 is 1.37 bits per heavy atom. The molecule has 2 rings (SSSR count). The van der Waals surface area contributed by atoms with Gasteiger partial charge >= 0.3 is 0 Å². The fourth-order valence-electron chi connectivity index (χ4n) is 2.66. The minimum Gasteiger partial charge on any atom is -0.409 e. The van der Waals surface area contributed by atoms with Crippen LogP contribution in [0.2, 0.25) is 0 Å². The summed E-state index contributed by atoms with van der Waals surface area (Å²) in [5, 5.41) is 21.3. The van der Waals surface area contributed by atoms with Crippen molar-refractivity contribution in [3.63, 3.8) is 0 Å². The molecule has 0 amide bonds. The smallest absolute Gasteiger partial charge is 0.170 e. The van der Waals surface area contributed by atoms with Gasteiger partial charge in [0, 0.05) is 18.2 Å². The molecule has 1 unspecified atom stereocenters. The molecule has 19 heavy (non-hydrogen) atoms. The molecule has 1 heterocycles. The van der Waals surface area contributed by atoms with Gasteiger partial charge in [-0.25, -0.2) is 0 Å². The Hall–Kier alpha value is -1.59. The summed E-state index contributed by atoms with van der Waals surface area (Å²) < 4.78 is 0. The van der Waals surface area contributed by atoms with E-state index in [1.54, 1.807) is 0 Å². The molecule has 1 atom stereocenters. The molecular weight excluding hydrogens is 242 g/mol. The van der Waals surface area contributed by atoms with Crippen LogP contribution >= 0.6 is 0 Å². The molecule has 4 N–H and O–H groups in total. The van der Waals surface area contributed by atoms with Gasteiger partial charge in [0.15, 0.2) is 5.84 Å². The van der Waals surface area contributed by atoms with E-state index in [9.17, 15) is 5.11 Å². The Kier molecular flexibility index (Phi) is 4.76. The van der Waals surface area contributed by atoms with Gasteiger partial charge in [-0.2, -0.15) is 0 Å². The zero-order chi connectivity index (χ0) is 13.7. The molecule has 0 bridgehead atoms. The number of nitrogens with two attached hydrogens (primary N) is 1. The van der Waals surface area contributed by atoms with Gasteiger partial charge in [-0.05, 0) is 24.9 Å². The molecular formula is C14H21N3O2. The number of hydrogen-bond acceptors (Lipinski definition) is 4. The van der Waals surface area contributed by atoms with Crippen molar-refractivity contribution in [3.8, 4) is 0 Å². The molecule has 0 radical (unpaired) electrons. The van der Waals surface area contributed by atoms with Crippen LogP contribution in [0.25, 0.3) is 0 Å². The number of nitrogens with zero attached hydrogens (tertiary/aromatic N) is 2. The summed E-state index contributed by atoms with van der Waals surface area (Å²) in [4.78, 5) is 2.27. The fraction of sp³-hybridized carbons (Fsp3) is 0.500. The topological polar surface area (TPSA) is 82.1 Å². The first-order chi connectivity index (χ1) is 9.26. The van der Waals surface area contributed by atoms with Crippen LogP contribution in [0.5, 0.6) is 0 Å². The van der Waals surface area contributed by atoms with E-state index in [1.807, 2.05) is 24.3 Å². The number of hydrogen-bond donors (Lipinski definition) is 3. The third-order valence-corrected chi connectivity index (χ3v) is 3.73. The van der Waals surface area contributed by atoms with Crippen molar-refractivity contribution in [2.75, 3.05) is 13.2 Å². The maximum Gasteiger partial charge on any atom is 0.170 e. The van der Waals surface area contributed by atoms with Crippen molar-refractivity contribution in [1.29, 1.82) is 0 Å². The van der Waals surface area contributed by atoms with Gasteiger partial charge in [0.25, 0.3) is 0 Å². The minimum atomic E-state index is 0.133. The lowest BCUT2D eigenvalue weighted by Crippen LogP contribution is -2.41. The van der Waals surface area contributed by atoms with Gasteiger partial charge < -0.3 is 16.0 Å². The number of oxime groups is 1. The largest absolute Gasteiger partial charge is 0.409 e. The van der Waals surface area contributed by atoms with Crippen LogP contribution in [0.1, 0.15) is 30.4 Å². The monoisotopic (exact) mass is 263 g/mol. The second kappa shape index (κ2) is 6.54. The number of aliphatic hydroxyl groups excluding tert-OH is 1. The Balaban J connectivity index is 2.18. The number of rotatable bonds is 4. The van der Waals surface area contributed by atoms with Crippen LogP contribution in [0.4, 0.5) is 0 Å². The average Bonchev–Trinajstić information content (AvgIpc) is 2.47. The van der Waals surface area contributed by atoms with E-state index in [1.165, 1.54) is 6.42 Å². The molecule has 5 heteroatoms. The zero-order valence-electron chi connectivity index (χ0n) is 11.0. The molecule has 5 nitrogen and oxygen atoms in total. The first-order valence-corrected chi connectivity index (χ1v) is 6.67. The predicted molar refractivity (Wildman–Crippen MR) is 74.1 cm³/mol. The quantitative estimate of drug-likeness (QED) is 0.329. The molecule has 0 aliphatic carbocycles. The molecule has 0 saturated carbocycles. The average molecular weight is 263 g/mol. The fourth-order valence-corrected chi connectivity index (χ4v) is 2.66. The lowest BCUT2D eigenvalue weighted by molar-refractivity contribution is 0.0841. The summed E-state index contributed by atoms with van der Waals surface area (Å²) >= 11 is 0. The van der Waals surface area contributed by atoms with Crippen LogP contribution < -0.4 is 5.73 Å². The zero-order valence-corrected chi connectivity index (χ0v) is 11.0. The van der Waals surface area contributed by atoms with Crippen molar-refractivity contribution in [2.24, 2.45) is 10.9 Å². The molecule has 1 aromatic rings. The number of benzene rings is 1. The van der Waals surface area contributed by atoms with Crippen molar-refractivity contribution in [3.05, 3.63) is 35.4 Å². The third-order valence-electron chi connectivity index (χ3n) is 3.73. The van der Waals surface area contributed by atoms with E-state index in [-0.39, 0.29) is 18.5 Å². The first kappa shape index (κ1) is 13.8. The van der Waals surface area contributed by atoms with E-state index >= 15 is 0 Å². The Labute approximate surface area is 113 Å². The highest BCUT2D eigenvalue weighted by Crippen LogP contribution is 2.20. The Morgan fingerprint density at radius 3 is 2.89 bits per heavy atom. The van der Waals surface area contributed by atoms with Gasteiger partial charge in [0.05, 0.1) is 6.61 Å². The third kappa shape index (κ3) is 3.24. The Bertz CT molecular complexity index is 448. The Morgan fingerprint density at radius 2 is 2.16 bits per heavy atom. The van der Waals surface area contributed by atoms with E-state index in [4.69, 9.17) is 10.9 Å². The molecule has 1 aliphatic heterocycles. The van der Waals surface area contributed by atoms with Gasteiger partial charge in [-0.1, -0.05) is 35.8 Å². The van der Waals surface area contributed by atoms with Crippen LogP contribution in [-0.2, 0) is 6.54 Å². The highest BCUT2D eigenvalue weighted by atomic mass is 16.4. The van der Waals surface area contributed by atoms with Crippen LogP contribution in [0, 0.1) is 0 Å². The first-order valence-electron chi connectivity index (χ1n) is 6.67. The number of aliphatic hydroxyl groups is 1. The number of piperidine rings is 1. The number of amidine groups is 1. The highest BCUT2D eigenvalue weighted by molar-refractivity contribution is 5.98. The molecule has 1 aromatic carbocycles. The predicted octanol–water partition coefficient (Wildman–Crippen LogP) is 1.13. The van der Waals surface area contributed by atoms with Crippen LogP contribution in [0.15, 0.2) is 29.4 Å². The van der Waals surface area contributed by atoms with E-state index in [0.29, 0.717) is 0 Å². The van der Waals surface area contributed by atoms with Gasteiger partial charge in [0.1, 0.15) is 0 Å². The van der Waals surface area contributed by atoms with Crippen molar-refractivity contribution >= 4 is 5.84 Å². The molecule has 0 spiro atoms. The SMILES string of the molecule is N/C(=N/O)c1ccccc1CN1CCCCC1CO. The summed E-state index contributed by atoms with van der Waals surface area (Å²) in [6.07, 6.45) is 3.36. The molecule has 104 valence electrons. The summed E-state index contributed by atoms with van der Waals surface area (Å²) in [6, 6.07) is 7.87. The number of likely N-dealkylation sites (tertiary alicyclic amines) is 1. The van der Waals surface area contributed by atoms with Gasteiger partial charge in [-0.3, -0.25) is 4.90 Å². The maximum absolute atomic E-state index is 9.43. The van der Waals surface area contributed by atoms with Crippen LogP contribution in [0.3, 0.4) is 0 Å². The summed E-state index contributed by atoms with van der Waals surface area (Å²) in [5.41, 5.74) is 7.48. The second-order valence-corrected chi connectivity index (χ2v) is 4.95. The van der Waals surface area contributed by atoms with E-state index in [2.05, 4.69) is 10.1 Å². The van der Waals surface area contributed by atoms with Gasteiger partial charge in [-0.15, -0.1) is 0 Å². The lowest BCUT2D eigenvalue weighted by Gasteiger charge is -2.34. The van der Waals surface area contributed by atoms with Crippen molar-refractivity contribution in [2.45, 2.75) is 31.8 Å². The standard InChI is InChI=1S/C14H21N3O2/c15-14(16-19)13-7-2-1-5-11(13)9-17-8-4-3-6-12(17)10-18/h1-2,5,7,12,18-19H,3-4,6,8-10H2,(H2,15,16). The minimum absolute atomic E-state index is 0.133. The van der Waals surface area contributed by atoms with Gasteiger partial charge in [0.2, 0.25) is 0 Å². The molecule has 1 fully saturated rings. The lowest BCUT2D eigenvalue weighted by atomic mass is 10.00. The molecule has 1 aliphatic rings. The van der Waals surface area contributed by atoms with E-state index in [0.717, 1.165) is 37.1 Å². The normalized spacial score (nSPS) is 21.5. The second-order valence-electron chi connectivity index (χ2n) is 4.95. The highest BCUT2D eigenvalue weighted by Gasteiger charge is 2.22. The summed E-state index contributed by atoms with van der Waals surface area (Å²) in [5.74, 6) is 0.133. The molecule has 0 aromatic heterocycles. The summed E-state index contributed by atoms with van der Waals surface area (Å²) in [7, 11) is 0. The van der Waals surface area contributed by atoms with Crippen molar-refractivity contribution < 1.29 is 10.3 Å².